The maximum atomic E-state index is 13.7. The number of nitrogens with two attached hydrogens (primary N) is 1. The minimum atomic E-state index is -4.79. The van der Waals surface area contributed by atoms with Gasteiger partial charge in [0, 0.05) is 36.3 Å². The molecule has 0 atom stereocenters. The van der Waals surface area contributed by atoms with E-state index < -0.39 is 34.5 Å². The molecular formula is C29H30ClF3N6O3. The number of halogens is 4. The Balaban J connectivity index is 1.83. The number of imidazole rings is 1. The van der Waals surface area contributed by atoms with Crippen molar-refractivity contribution in [2.24, 2.45) is 18.3 Å². The van der Waals surface area contributed by atoms with E-state index in [-0.39, 0.29) is 23.4 Å². The predicted molar refractivity (Wildman–Crippen MR) is 157 cm³/mol. The zero-order valence-electron chi connectivity index (χ0n) is 23.3. The maximum Gasteiger partial charge on any atom is 0.417 e. The third kappa shape index (κ3) is 6.20. The number of aliphatic hydroxyl groups is 1. The summed E-state index contributed by atoms with van der Waals surface area (Å²) >= 11 is 6.22. The van der Waals surface area contributed by atoms with Crippen LogP contribution < -0.4 is 21.5 Å². The minimum absolute atomic E-state index is 0.0132. The van der Waals surface area contributed by atoms with Crippen LogP contribution in [0.25, 0.3) is 11.0 Å². The molecule has 0 saturated heterocycles. The molecule has 0 saturated carbocycles. The Morgan fingerprint density at radius 2 is 1.79 bits per heavy atom. The number of aryl methyl sites for hydroxylation is 1. The lowest BCUT2D eigenvalue weighted by Crippen LogP contribution is -2.38. The highest BCUT2D eigenvalue weighted by Gasteiger charge is 2.36. The van der Waals surface area contributed by atoms with E-state index in [1.165, 1.54) is 24.3 Å². The van der Waals surface area contributed by atoms with Crippen LogP contribution in [0, 0.1) is 12.3 Å². The van der Waals surface area contributed by atoms with Crippen molar-refractivity contribution in [3.8, 4) is 0 Å². The molecule has 0 bridgehead atoms. The topological polar surface area (TPSA) is 126 Å². The van der Waals surface area contributed by atoms with Gasteiger partial charge in [0.05, 0.1) is 27.9 Å². The summed E-state index contributed by atoms with van der Waals surface area (Å²) in [5.74, 6) is 4.75. The lowest BCUT2D eigenvalue weighted by atomic mass is 9.95. The summed E-state index contributed by atoms with van der Waals surface area (Å²) in [6, 6.07) is 12.1. The van der Waals surface area contributed by atoms with E-state index in [0.717, 1.165) is 12.1 Å². The van der Waals surface area contributed by atoms with Gasteiger partial charge in [0.1, 0.15) is 5.52 Å². The first-order chi connectivity index (χ1) is 19.6. The molecule has 13 heteroatoms. The molecule has 222 valence electrons. The molecular weight excluding hydrogens is 573 g/mol. The fourth-order valence-electron chi connectivity index (χ4n) is 4.21. The minimum Gasteiger partial charge on any atom is -0.396 e. The summed E-state index contributed by atoms with van der Waals surface area (Å²) < 4.78 is 42.6. The third-order valence-electron chi connectivity index (χ3n) is 6.84. The fourth-order valence-corrected chi connectivity index (χ4v) is 4.39. The van der Waals surface area contributed by atoms with Crippen LogP contribution in [0.15, 0.2) is 54.6 Å². The van der Waals surface area contributed by atoms with Gasteiger partial charge < -0.3 is 20.3 Å². The van der Waals surface area contributed by atoms with Crippen molar-refractivity contribution in [1.82, 2.24) is 9.55 Å². The van der Waals surface area contributed by atoms with Crippen molar-refractivity contribution in [2.45, 2.75) is 26.9 Å². The number of carbonyl (C=O) groups excluding carboxylic acids is 2. The van der Waals surface area contributed by atoms with Crippen LogP contribution in [0.5, 0.6) is 0 Å². The second kappa shape index (κ2) is 11.6. The normalized spacial score (nSPS) is 12.0. The highest BCUT2D eigenvalue weighted by atomic mass is 35.5. The maximum absolute atomic E-state index is 13.7. The number of nitrogens with zero attached hydrogens (tertiary/aromatic N) is 3. The van der Waals surface area contributed by atoms with Crippen LogP contribution >= 0.6 is 11.6 Å². The summed E-state index contributed by atoms with van der Waals surface area (Å²) in [5, 5.41) is 16.6. The van der Waals surface area contributed by atoms with Gasteiger partial charge >= 0.3 is 6.18 Å². The zero-order chi connectivity index (χ0) is 31.0. The fraction of sp³-hybridized carbons (Fsp3) is 0.276. The van der Waals surface area contributed by atoms with Gasteiger partial charge in [-0.05, 0) is 48.9 Å². The monoisotopic (exact) mass is 602 g/mol. The standard InChI is InChI=1S/C29H30ClF3N6O3/c1-16-21(30)10-7-11-22(16)36-25(41)19-12-17(39(34)26(42)18-8-5-6-9-20(18)29(31,32)33)13-23-24(19)37-27(38(23)4)35-14-28(2,3)15-40/h5-13,40H,14-15,34H2,1-4H3,(H,35,37)(H,36,41). The number of rotatable bonds is 8. The van der Waals surface area contributed by atoms with Crippen LogP contribution in [-0.2, 0) is 13.2 Å². The van der Waals surface area contributed by atoms with Crippen molar-refractivity contribution < 1.29 is 27.9 Å². The average molecular weight is 603 g/mol. The Labute approximate surface area is 245 Å². The summed E-state index contributed by atoms with van der Waals surface area (Å²) in [6.45, 7) is 5.68. The van der Waals surface area contributed by atoms with Gasteiger partial charge in [-0.1, -0.05) is 43.6 Å². The first kappa shape index (κ1) is 30.8. The lowest BCUT2D eigenvalue weighted by Gasteiger charge is -2.22. The molecule has 9 nitrogen and oxygen atoms in total. The number of carbonyl (C=O) groups is 2. The van der Waals surface area contributed by atoms with Gasteiger partial charge in [-0.3, -0.25) is 9.59 Å². The largest absolute Gasteiger partial charge is 0.417 e. The molecule has 4 rings (SSSR count). The molecule has 0 aliphatic heterocycles. The molecule has 5 N–H and O–H groups in total. The van der Waals surface area contributed by atoms with Crippen molar-refractivity contribution in [2.75, 3.05) is 28.8 Å². The van der Waals surface area contributed by atoms with E-state index in [2.05, 4.69) is 15.6 Å². The Morgan fingerprint density at radius 1 is 1.10 bits per heavy atom. The molecule has 4 aromatic rings. The molecule has 0 unspecified atom stereocenters. The summed E-state index contributed by atoms with van der Waals surface area (Å²) in [4.78, 5) is 31.5. The van der Waals surface area contributed by atoms with E-state index in [9.17, 15) is 27.9 Å². The van der Waals surface area contributed by atoms with Crippen molar-refractivity contribution in [3.05, 3.63) is 81.9 Å². The van der Waals surface area contributed by atoms with E-state index in [1.807, 2.05) is 13.8 Å². The van der Waals surface area contributed by atoms with E-state index >= 15 is 0 Å². The third-order valence-corrected chi connectivity index (χ3v) is 7.25. The smallest absolute Gasteiger partial charge is 0.396 e. The number of amides is 2. The van der Waals surface area contributed by atoms with Crippen molar-refractivity contribution in [1.29, 1.82) is 0 Å². The summed E-state index contributed by atoms with van der Waals surface area (Å²) in [7, 11) is 1.66. The Hall–Kier alpha value is -4.13. The number of alkyl halides is 3. The number of aromatic nitrogens is 2. The Bertz CT molecular complexity index is 1670. The van der Waals surface area contributed by atoms with Crippen molar-refractivity contribution >= 4 is 51.8 Å². The van der Waals surface area contributed by atoms with Crippen LogP contribution in [0.1, 0.15) is 45.7 Å². The SMILES string of the molecule is Cc1c(Cl)cccc1NC(=O)c1cc(N(N)C(=O)c2ccccc2C(F)(F)F)cc2c1nc(NCC(C)(C)CO)n2C. The van der Waals surface area contributed by atoms with E-state index in [1.54, 1.807) is 36.7 Å². The zero-order valence-corrected chi connectivity index (χ0v) is 24.1. The summed E-state index contributed by atoms with van der Waals surface area (Å²) in [5.41, 5.74) is -0.622. The number of hydrogen-bond acceptors (Lipinski definition) is 6. The van der Waals surface area contributed by atoms with Gasteiger partial charge in [0.25, 0.3) is 11.8 Å². The number of hydrazine groups is 1. The second-order valence-corrected chi connectivity index (χ2v) is 11.0. The number of nitrogens with one attached hydrogen (secondary N) is 2. The van der Waals surface area contributed by atoms with Crippen molar-refractivity contribution in [3.63, 3.8) is 0 Å². The highest BCUT2D eigenvalue weighted by Crippen LogP contribution is 2.34. The molecule has 1 aromatic heterocycles. The van der Waals surface area contributed by atoms with Gasteiger partial charge in [0.15, 0.2) is 0 Å². The first-order valence-corrected chi connectivity index (χ1v) is 13.2. The molecule has 42 heavy (non-hydrogen) atoms. The quantitative estimate of drug-likeness (QED) is 0.115. The van der Waals surface area contributed by atoms with Crippen LogP contribution in [0.4, 0.5) is 30.5 Å². The van der Waals surface area contributed by atoms with Gasteiger partial charge in [0.2, 0.25) is 5.95 Å². The summed E-state index contributed by atoms with van der Waals surface area (Å²) in [6.07, 6.45) is -4.79. The Kier molecular flexibility index (Phi) is 8.53. The van der Waals surface area contributed by atoms with Gasteiger partial charge in [-0.25, -0.2) is 15.8 Å². The van der Waals surface area contributed by atoms with E-state index in [4.69, 9.17) is 17.4 Å². The van der Waals surface area contributed by atoms with Crippen LogP contribution in [0.2, 0.25) is 5.02 Å². The number of aliphatic hydroxyl groups excluding tert-OH is 1. The highest BCUT2D eigenvalue weighted by molar-refractivity contribution is 6.32. The first-order valence-electron chi connectivity index (χ1n) is 12.8. The molecule has 0 radical (unpaired) electrons. The molecule has 0 spiro atoms. The molecule has 0 aliphatic rings. The van der Waals surface area contributed by atoms with Crippen LogP contribution in [-0.4, -0.2) is 39.6 Å². The number of anilines is 3. The molecule has 0 aliphatic carbocycles. The Morgan fingerprint density at radius 3 is 2.45 bits per heavy atom. The van der Waals surface area contributed by atoms with Crippen LogP contribution in [0.3, 0.4) is 0 Å². The lowest BCUT2D eigenvalue weighted by molar-refractivity contribution is -0.137. The predicted octanol–water partition coefficient (Wildman–Crippen LogP) is 5.76. The average Bonchev–Trinajstić information content (AvgIpc) is 3.27. The van der Waals surface area contributed by atoms with E-state index in [0.29, 0.717) is 39.3 Å². The number of hydrogen-bond donors (Lipinski definition) is 4. The molecule has 0 fully saturated rings. The van der Waals surface area contributed by atoms with Gasteiger partial charge in [-0.2, -0.15) is 13.2 Å². The number of fused-ring (bicyclic) bond motifs is 1. The number of benzene rings is 3. The second-order valence-electron chi connectivity index (χ2n) is 10.6. The van der Waals surface area contributed by atoms with Gasteiger partial charge in [-0.15, -0.1) is 0 Å². The molecule has 2 amide bonds. The molecule has 1 heterocycles. The molecule has 3 aromatic carbocycles.